The first-order valence-electron chi connectivity index (χ1n) is 9.36. The quantitative estimate of drug-likeness (QED) is 0.504. The van der Waals surface area contributed by atoms with Crippen molar-refractivity contribution in [3.63, 3.8) is 0 Å². The molecule has 0 aliphatic carbocycles. The van der Waals surface area contributed by atoms with Gasteiger partial charge in [0.1, 0.15) is 11.2 Å². The predicted molar refractivity (Wildman–Crippen MR) is 117 cm³/mol. The normalized spacial score (nSPS) is 11.0. The van der Waals surface area contributed by atoms with E-state index >= 15 is 0 Å². The first kappa shape index (κ1) is 19.1. The van der Waals surface area contributed by atoms with Gasteiger partial charge in [-0.15, -0.1) is 11.3 Å². The number of thiophene rings is 1. The van der Waals surface area contributed by atoms with Crippen molar-refractivity contribution in [1.82, 2.24) is 14.5 Å². The van der Waals surface area contributed by atoms with Crippen LogP contribution in [-0.4, -0.2) is 27.4 Å². The molecule has 0 radical (unpaired) electrons. The molecule has 4 rings (SSSR count). The molecule has 2 aromatic heterocycles. The van der Waals surface area contributed by atoms with Crippen LogP contribution in [0.1, 0.15) is 11.1 Å². The first-order chi connectivity index (χ1) is 14.0. The van der Waals surface area contributed by atoms with Gasteiger partial charge in [0.05, 0.1) is 11.8 Å². The average molecular weight is 404 g/mol. The van der Waals surface area contributed by atoms with Gasteiger partial charge >= 0.3 is 0 Å². The zero-order valence-corrected chi connectivity index (χ0v) is 17.1. The Kier molecular flexibility index (Phi) is 5.27. The van der Waals surface area contributed by atoms with Crippen LogP contribution >= 0.6 is 11.3 Å². The Morgan fingerprint density at radius 3 is 2.59 bits per heavy atom. The Bertz CT molecular complexity index is 1230. The summed E-state index contributed by atoms with van der Waals surface area (Å²) < 4.78 is 1.96. The van der Waals surface area contributed by atoms with Gasteiger partial charge in [-0.2, -0.15) is 0 Å². The maximum Gasteiger partial charge on any atom is 0.271 e. The highest BCUT2D eigenvalue weighted by Gasteiger charge is 2.15. The summed E-state index contributed by atoms with van der Waals surface area (Å²) in [6, 6.07) is 19.8. The molecule has 0 N–H and O–H groups in total. The summed E-state index contributed by atoms with van der Waals surface area (Å²) in [5.74, 6) is -0.128. The number of carbonyl (C=O) groups is 1. The number of amides is 1. The maximum absolute atomic E-state index is 12.9. The number of carbonyl (C=O) groups excluding carboxylic acids is 1. The number of nitrogens with zero attached hydrogens (tertiary/aromatic N) is 3. The molecule has 0 saturated heterocycles. The monoisotopic (exact) mass is 403 g/mol. The Balaban J connectivity index is 1.56. The van der Waals surface area contributed by atoms with Crippen molar-refractivity contribution >= 4 is 27.5 Å². The van der Waals surface area contributed by atoms with Crippen LogP contribution in [0, 0.1) is 6.92 Å². The summed E-state index contributed by atoms with van der Waals surface area (Å²) in [7, 11) is 1.75. The van der Waals surface area contributed by atoms with E-state index in [2.05, 4.69) is 4.98 Å². The van der Waals surface area contributed by atoms with Crippen LogP contribution in [0.15, 0.2) is 71.8 Å². The van der Waals surface area contributed by atoms with Crippen LogP contribution in [-0.2, 0) is 17.9 Å². The Morgan fingerprint density at radius 1 is 1.10 bits per heavy atom. The average Bonchev–Trinajstić information content (AvgIpc) is 3.17. The minimum Gasteiger partial charge on any atom is -0.340 e. The number of aromatic nitrogens is 2. The first-order valence-corrected chi connectivity index (χ1v) is 10.2. The van der Waals surface area contributed by atoms with E-state index in [1.165, 1.54) is 22.2 Å². The van der Waals surface area contributed by atoms with E-state index in [-0.39, 0.29) is 18.0 Å². The number of likely N-dealkylation sites (N-methyl/N-ethyl adjacent to an activating group) is 1. The molecule has 0 aliphatic rings. The second kappa shape index (κ2) is 8.01. The fourth-order valence-electron chi connectivity index (χ4n) is 3.20. The Morgan fingerprint density at radius 2 is 1.83 bits per heavy atom. The van der Waals surface area contributed by atoms with Crippen LogP contribution in [0.25, 0.3) is 20.7 Å². The fourth-order valence-corrected chi connectivity index (χ4v) is 4.27. The van der Waals surface area contributed by atoms with E-state index < -0.39 is 0 Å². The summed E-state index contributed by atoms with van der Waals surface area (Å²) in [5.41, 5.74) is 3.76. The van der Waals surface area contributed by atoms with Crippen molar-refractivity contribution < 1.29 is 4.79 Å². The van der Waals surface area contributed by atoms with Crippen molar-refractivity contribution in [2.75, 3.05) is 7.05 Å². The molecular weight excluding hydrogens is 382 g/mol. The molecule has 4 aromatic rings. The van der Waals surface area contributed by atoms with Gasteiger partial charge in [0, 0.05) is 18.5 Å². The minimum atomic E-state index is -0.181. The third kappa shape index (κ3) is 3.98. The lowest BCUT2D eigenvalue weighted by Gasteiger charge is -2.19. The zero-order valence-electron chi connectivity index (χ0n) is 16.3. The van der Waals surface area contributed by atoms with Gasteiger partial charge < -0.3 is 4.90 Å². The number of rotatable bonds is 5. The highest BCUT2D eigenvalue weighted by molar-refractivity contribution is 7.22. The topological polar surface area (TPSA) is 55.2 Å². The lowest BCUT2D eigenvalue weighted by atomic mass is 10.1. The zero-order chi connectivity index (χ0) is 20.4. The number of hydrogen-bond donors (Lipinski definition) is 0. The van der Waals surface area contributed by atoms with Crippen LogP contribution in [0.4, 0.5) is 0 Å². The number of benzene rings is 2. The second-order valence-electron chi connectivity index (χ2n) is 7.04. The van der Waals surface area contributed by atoms with Crippen molar-refractivity contribution in [3.05, 3.63) is 88.5 Å². The molecule has 0 fully saturated rings. The highest BCUT2D eigenvalue weighted by Crippen LogP contribution is 2.30. The van der Waals surface area contributed by atoms with Gasteiger partial charge in [-0.25, -0.2) is 4.98 Å². The van der Waals surface area contributed by atoms with Crippen molar-refractivity contribution in [3.8, 4) is 10.4 Å². The van der Waals surface area contributed by atoms with Gasteiger partial charge in [0.25, 0.3) is 5.56 Å². The molecule has 0 unspecified atom stereocenters. The minimum absolute atomic E-state index is 0.0251. The lowest BCUT2D eigenvalue weighted by molar-refractivity contribution is -0.131. The molecule has 6 heteroatoms. The standard InChI is InChI=1S/C23H21N3O2S/c1-16-8-6-7-11-18(16)13-25(2)21(27)14-26-15-24-19-12-20(29-22(19)23(26)28)17-9-4-3-5-10-17/h3-12,15H,13-14H2,1-2H3. The molecule has 0 atom stereocenters. The third-order valence-corrected chi connectivity index (χ3v) is 6.12. The molecule has 29 heavy (non-hydrogen) atoms. The number of aryl methyl sites for hydroxylation is 1. The highest BCUT2D eigenvalue weighted by atomic mass is 32.1. The summed E-state index contributed by atoms with van der Waals surface area (Å²) in [4.78, 5) is 32.6. The summed E-state index contributed by atoms with van der Waals surface area (Å²) in [5, 5.41) is 0. The van der Waals surface area contributed by atoms with Gasteiger partial charge in [-0.05, 0) is 29.7 Å². The predicted octanol–water partition coefficient (Wildman–Crippen LogP) is 4.09. The molecule has 1 amide bonds. The van der Waals surface area contributed by atoms with E-state index in [1.54, 1.807) is 11.9 Å². The molecule has 5 nitrogen and oxygen atoms in total. The van der Waals surface area contributed by atoms with Crippen molar-refractivity contribution in [1.29, 1.82) is 0 Å². The second-order valence-corrected chi connectivity index (χ2v) is 8.10. The van der Waals surface area contributed by atoms with Gasteiger partial charge in [-0.1, -0.05) is 54.6 Å². The number of hydrogen-bond acceptors (Lipinski definition) is 4. The fraction of sp³-hybridized carbons (Fsp3) is 0.174. The Labute approximate surface area is 172 Å². The van der Waals surface area contributed by atoms with E-state index in [1.807, 2.05) is 67.6 Å². The molecule has 0 saturated carbocycles. The molecular formula is C23H21N3O2S. The van der Waals surface area contributed by atoms with E-state index in [0.717, 1.165) is 21.6 Å². The molecule has 0 aliphatic heterocycles. The molecule has 0 bridgehead atoms. The Hall–Kier alpha value is -3.25. The summed E-state index contributed by atoms with van der Waals surface area (Å²) in [6.07, 6.45) is 1.46. The van der Waals surface area contributed by atoms with E-state index in [9.17, 15) is 9.59 Å². The maximum atomic E-state index is 12.9. The molecule has 2 aromatic carbocycles. The van der Waals surface area contributed by atoms with Gasteiger partial charge in [0.15, 0.2) is 0 Å². The van der Waals surface area contributed by atoms with Crippen LogP contribution in [0.5, 0.6) is 0 Å². The smallest absolute Gasteiger partial charge is 0.271 e. The van der Waals surface area contributed by atoms with Crippen LogP contribution in [0.3, 0.4) is 0 Å². The number of fused-ring (bicyclic) bond motifs is 1. The largest absolute Gasteiger partial charge is 0.340 e. The molecule has 146 valence electrons. The van der Waals surface area contributed by atoms with Crippen molar-refractivity contribution in [2.24, 2.45) is 0 Å². The lowest BCUT2D eigenvalue weighted by Crippen LogP contribution is -2.33. The SMILES string of the molecule is Cc1ccccc1CN(C)C(=O)Cn1cnc2cc(-c3ccccc3)sc2c1=O. The summed E-state index contributed by atoms with van der Waals surface area (Å²) in [6.45, 7) is 2.51. The van der Waals surface area contributed by atoms with Crippen molar-refractivity contribution in [2.45, 2.75) is 20.0 Å². The van der Waals surface area contributed by atoms with Gasteiger partial charge in [0.2, 0.25) is 5.91 Å². The van der Waals surface area contributed by atoms with Gasteiger partial charge in [-0.3, -0.25) is 14.2 Å². The van der Waals surface area contributed by atoms with Crippen LogP contribution < -0.4 is 5.56 Å². The van der Waals surface area contributed by atoms with Crippen LogP contribution in [0.2, 0.25) is 0 Å². The van der Waals surface area contributed by atoms with E-state index in [4.69, 9.17) is 0 Å². The summed E-state index contributed by atoms with van der Waals surface area (Å²) >= 11 is 1.41. The third-order valence-electron chi connectivity index (χ3n) is 4.96. The molecule has 2 heterocycles. The van der Waals surface area contributed by atoms with E-state index in [0.29, 0.717) is 16.8 Å². The molecule has 0 spiro atoms.